The van der Waals surface area contributed by atoms with Gasteiger partial charge in [0.05, 0.1) is 6.04 Å². The van der Waals surface area contributed by atoms with E-state index in [-0.39, 0.29) is 12.7 Å². The molecule has 1 aromatic heterocycles. The van der Waals surface area contributed by atoms with E-state index < -0.39 is 0 Å². The number of nitrogens with zero attached hydrogens (tertiary/aromatic N) is 2. The fourth-order valence-corrected chi connectivity index (χ4v) is 0.907. The van der Waals surface area contributed by atoms with Gasteiger partial charge in [0.2, 0.25) is 0 Å². The summed E-state index contributed by atoms with van der Waals surface area (Å²) in [6.07, 6.45) is 1.68. The minimum atomic E-state index is -0.359. The topological polar surface area (TPSA) is 17.8 Å². The van der Waals surface area contributed by atoms with Crippen molar-refractivity contribution < 1.29 is 4.39 Å². The molecule has 0 spiro atoms. The third-order valence-corrected chi connectivity index (χ3v) is 1.51. The zero-order chi connectivity index (χ0) is 7.56. The standard InChI is InChI=1S/C7H11FN2/c1-6-3-4-9-10(6)7(2)5-8/h3-4,7H,5H2,1-2H3. The van der Waals surface area contributed by atoms with E-state index in [4.69, 9.17) is 0 Å². The molecule has 1 atom stereocenters. The average Bonchev–Trinajstić information content (AvgIpc) is 2.34. The van der Waals surface area contributed by atoms with Gasteiger partial charge in [-0.2, -0.15) is 5.10 Å². The van der Waals surface area contributed by atoms with Gasteiger partial charge in [-0.1, -0.05) is 0 Å². The molecule has 0 aliphatic rings. The molecular formula is C7H11FN2. The first-order chi connectivity index (χ1) is 4.75. The molecule has 0 amide bonds. The van der Waals surface area contributed by atoms with Gasteiger partial charge in [-0.25, -0.2) is 4.39 Å². The van der Waals surface area contributed by atoms with E-state index in [9.17, 15) is 4.39 Å². The summed E-state index contributed by atoms with van der Waals surface area (Å²) in [4.78, 5) is 0. The van der Waals surface area contributed by atoms with Gasteiger partial charge >= 0.3 is 0 Å². The molecule has 0 saturated heterocycles. The van der Waals surface area contributed by atoms with Crippen molar-refractivity contribution in [3.05, 3.63) is 18.0 Å². The van der Waals surface area contributed by atoms with Crippen molar-refractivity contribution in [2.24, 2.45) is 0 Å². The Morgan fingerprint density at radius 1 is 1.80 bits per heavy atom. The summed E-state index contributed by atoms with van der Waals surface area (Å²) in [7, 11) is 0. The molecule has 0 N–H and O–H groups in total. The molecular weight excluding hydrogens is 131 g/mol. The van der Waals surface area contributed by atoms with Crippen LogP contribution in [0.3, 0.4) is 0 Å². The molecule has 0 radical (unpaired) electrons. The highest BCUT2D eigenvalue weighted by molar-refractivity contribution is 4.97. The molecule has 0 aliphatic heterocycles. The molecule has 3 heteroatoms. The number of halogens is 1. The van der Waals surface area contributed by atoms with Crippen LogP contribution in [0.1, 0.15) is 18.7 Å². The number of hydrogen-bond donors (Lipinski definition) is 0. The van der Waals surface area contributed by atoms with E-state index in [1.807, 2.05) is 13.0 Å². The number of alkyl halides is 1. The quantitative estimate of drug-likeness (QED) is 0.614. The van der Waals surface area contributed by atoms with Crippen LogP contribution in [-0.4, -0.2) is 16.5 Å². The molecule has 2 nitrogen and oxygen atoms in total. The number of aryl methyl sites for hydroxylation is 1. The van der Waals surface area contributed by atoms with Crippen molar-refractivity contribution >= 4 is 0 Å². The number of rotatable bonds is 2. The van der Waals surface area contributed by atoms with Gasteiger partial charge in [-0.3, -0.25) is 4.68 Å². The second-order valence-electron chi connectivity index (χ2n) is 2.42. The molecule has 0 saturated carbocycles. The van der Waals surface area contributed by atoms with E-state index in [1.165, 1.54) is 0 Å². The molecule has 1 rings (SSSR count). The highest BCUT2D eigenvalue weighted by atomic mass is 19.1. The van der Waals surface area contributed by atoms with Crippen LogP contribution >= 0.6 is 0 Å². The van der Waals surface area contributed by atoms with Gasteiger partial charge in [0, 0.05) is 11.9 Å². The van der Waals surface area contributed by atoms with Crippen molar-refractivity contribution in [2.75, 3.05) is 6.67 Å². The van der Waals surface area contributed by atoms with Crippen LogP contribution in [0.2, 0.25) is 0 Å². The SMILES string of the molecule is Cc1ccnn1C(C)CF. The van der Waals surface area contributed by atoms with Crippen molar-refractivity contribution in [3.63, 3.8) is 0 Å². The van der Waals surface area contributed by atoms with Crippen molar-refractivity contribution in [1.82, 2.24) is 9.78 Å². The maximum absolute atomic E-state index is 12.1. The monoisotopic (exact) mass is 142 g/mol. The Labute approximate surface area is 59.7 Å². The summed E-state index contributed by atoms with van der Waals surface area (Å²) < 4.78 is 13.7. The number of hydrogen-bond acceptors (Lipinski definition) is 1. The highest BCUT2D eigenvalue weighted by Gasteiger charge is 2.04. The summed E-state index contributed by atoms with van der Waals surface area (Å²) in [5, 5.41) is 3.96. The van der Waals surface area contributed by atoms with Gasteiger partial charge < -0.3 is 0 Å². The van der Waals surface area contributed by atoms with E-state index in [0.29, 0.717) is 0 Å². The Kier molecular flexibility index (Phi) is 2.04. The van der Waals surface area contributed by atoms with Gasteiger partial charge in [-0.05, 0) is 19.9 Å². The number of aromatic nitrogens is 2. The van der Waals surface area contributed by atoms with Gasteiger partial charge in [0.25, 0.3) is 0 Å². The van der Waals surface area contributed by atoms with Crippen molar-refractivity contribution in [2.45, 2.75) is 19.9 Å². The van der Waals surface area contributed by atoms with Gasteiger partial charge in [-0.15, -0.1) is 0 Å². The Hall–Kier alpha value is -0.860. The first-order valence-corrected chi connectivity index (χ1v) is 3.31. The maximum Gasteiger partial charge on any atom is 0.112 e. The Morgan fingerprint density at radius 2 is 2.50 bits per heavy atom. The summed E-state index contributed by atoms with van der Waals surface area (Å²) in [5.74, 6) is 0. The van der Waals surface area contributed by atoms with Crippen molar-refractivity contribution in [1.29, 1.82) is 0 Å². The molecule has 56 valence electrons. The molecule has 10 heavy (non-hydrogen) atoms. The third kappa shape index (κ3) is 1.17. The zero-order valence-corrected chi connectivity index (χ0v) is 6.21. The Bertz CT molecular complexity index is 207. The lowest BCUT2D eigenvalue weighted by atomic mass is 10.3. The fraction of sp³-hybridized carbons (Fsp3) is 0.571. The summed E-state index contributed by atoms with van der Waals surface area (Å²) in [6, 6.07) is 1.74. The lowest BCUT2D eigenvalue weighted by Crippen LogP contribution is -2.09. The van der Waals surface area contributed by atoms with Crippen LogP contribution in [0.5, 0.6) is 0 Å². The normalized spacial score (nSPS) is 13.5. The van der Waals surface area contributed by atoms with Crippen LogP contribution < -0.4 is 0 Å². The maximum atomic E-state index is 12.1. The fourth-order valence-electron chi connectivity index (χ4n) is 0.907. The van der Waals surface area contributed by atoms with Crippen LogP contribution in [0.25, 0.3) is 0 Å². The second kappa shape index (κ2) is 2.82. The molecule has 0 aliphatic carbocycles. The Balaban J connectivity index is 2.82. The highest BCUT2D eigenvalue weighted by Crippen LogP contribution is 2.07. The molecule has 0 aromatic carbocycles. The molecule has 1 unspecified atom stereocenters. The molecule has 1 heterocycles. The van der Waals surface area contributed by atoms with Crippen LogP contribution in [0, 0.1) is 6.92 Å². The second-order valence-corrected chi connectivity index (χ2v) is 2.42. The van der Waals surface area contributed by atoms with E-state index in [0.717, 1.165) is 5.69 Å². The largest absolute Gasteiger partial charge is 0.264 e. The smallest absolute Gasteiger partial charge is 0.112 e. The molecule has 1 aromatic rings. The molecule has 0 bridgehead atoms. The summed E-state index contributed by atoms with van der Waals surface area (Å²) in [6.45, 7) is 3.36. The first-order valence-electron chi connectivity index (χ1n) is 3.31. The molecule has 0 fully saturated rings. The predicted molar refractivity (Wildman–Crippen MR) is 37.7 cm³/mol. The summed E-state index contributed by atoms with van der Waals surface area (Å²) >= 11 is 0. The minimum absolute atomic E-state index is 0.130. The summed E-state index contributed by atoms with van der Waals surface area (Å²) in [5.41, 5.74) is 1.00. The van der Waals surface area contributed by atoms with Gasteiger partial charge in [0.1, 0.15) is 6.67 Å². The van der Waals surface area contributed by atoms with E-state index in [1.54, 1.807) is 17.8 Å². The third-order valence-electron chi connectivity index (χ3n) is 1.51. The van der Waals surface area contributed by atoms with E-state index >= 15 is 0 Å². The van der Waals surface area contributed by atoms with Crippen LogP contribution in [-0.2, 0) is 0 Å². The van der Waals surface area contributed by atoms with Crippen molar-refractivity contribution in [3.8, 4) is 0 Å². The first kappa shape index (κ1) is 7.25. The lowest BCUT2D eigenvalue weighted by molar-refractivity contribution is 0.351. The van der Waals surface area contributed by atoms with E-state index in [2.05, 4.69) is 5.10 Å². The minimum Gasteiger partial charge on any atom is -0.264 e. The average molecular weight is 142 g/mol. The van der Waals surface area contributed by atoms with Crippen LogP contribution in [0.15, 0.2) is 12.3 Å². The van der Waals surface area contributed by atoms with Gasteiger partial charge in [0.15, 0.2) is 0 Å². The van der Waals surface area contributed by atoms with Crippen LogP contribution in [0.4, 0.5) is 4.39 Å². The predicted octanol–water partition coefficient (Wildman–Crippen LogP) is 1.72. The zero-order valence-electron chi connectivity index (χ0n) is 6.21. The lowest BCUT2D eigenvalue weighted by Gasteiger charge is -2.08. The Morgan fingerprint density at radius 3 is 2.90 bits per heavy atom.